The van der Waals surface area contributed by atoms with Crippen molar-refractivity contribution < 1.29 is 32.9 Å². The predicted octanol–water partition coefficient (Wildman–Crippen LogP) is 3.81. The number of nitrogens with zero attached hydrogens (tertiary/aromatic N) is 1. The fourth-order valence-electron chi connectivity index (χ4n) is 3.13. The van der Waals surface area contributed by atoms with E-state index in [1.54, 1.807) is 11.0 Å². The van der Waals surface area contributed by atoms with E-state index in [1.165, 1.54) is 26.4 Å². The smallest absolute Gasteiger partial charge is 0.306 e. The van der Waals surface area contributed by atoms with Gasteiger partial charge in [0.25, 0.3) is 0 Å². The molecule has 6 nitrogen and oxygen atoms in total. The number of hydrogen-bond donors (Lipinski definition) is 1. The van der Waals surface area contributed by atoms with Crippen molar-refractivity contribution in [1.29, 1.82) is 0 Å². The number of hydrogen-bond acceptors (Lipinski definition) is 6. The topological polar surface area (TPSA) is 68.2 Å². The van der Waals surface area contributed by atoms with Gasteiger partial charge in [0.05, 0.1) is 20.6 Å². The average molecular weight is 449 g/mol. The normalized spacial score (nSPS) is 12.2. The van der Waals surface area contributed by atoms with Gasteiger partial charge in [0.15, 0.2) is 23.1 Å². The molecule has 0 spiro atoms. The zero-order chi connectivity index (χ0) is 23.5. The van der Waals surface area contributed by atoms with Crippen LogP contribution in [0.5, 0.6) is 11.5 Å². The molecule has 32 heavy (non-hydrogen) atoms. The summed E-state index contributed by atoms with van der Waals surface area (Å²) in [6.07, 6.45) is 2.92. The van der Waals surface area contributed by atoms with Crippen molar-refractivity contribution in [3.05, 3.63) is 65.2 Å². The predicted molar refractivity (Wildman–Crippen MR) is 117 cm³/mol. The Morgan fingerprint density at radius 1 is 1.19 bits per heavy atom. The Labute approximate surface area is 187 Å². The fraction of sp³-hybridized carbons (Fsp3) is 0.375. The monoisotopic (exact) mass is 449 g/mol. The Kier molecular flexibility index (Phi) is 10.1. The minimum absolute atomic E-state index is 0.0129. The lowest BCUT2D eigenvalue weighted by Gasteiger charge is -2.25. The molecule has 0 unspecified atom stereocenters. The van der Waals surface area contributed by atoms with E-state index in [0.29, 0.717) is 11.5 Å². The van der Waals surface area contributed by atoms with Crippen molar-refractivity contribution in [1.82, 2.24) is 4.90 Å². The number of carbonyl (C=O) groups is 1. The van der Waals surface area contributed by atoms with Gasteiger partial charge in [-0.25, -0.2) is 8.78 Å². The number of rotatable bonds is 12. The molecule has 2 rings (SSSR count). The summed E-state index contributed by atoms with van der Waals surface area (Å²) in [4.78, 5) is 13.2. The Morgan fingerprint density at radius 3 is 2.66 bits per heavy atom. The van der Waals surface area contributed by atoms with E-state index in [1.807, 2.05) is 31.2 Å². The quantitative estimate of drug-likeness (QED) is 0.497. The largest absolute Gasteiger partial charge is 0.493 e. The zero-order valence-electron chi connectivity index (χ0n) is 18.5. The summed E-state index contributed by atoms with van der Waals surface area (Å²) in [6.45, 7) is 2.14. The molecule has 0 aliphatic rings. The van der Waals surface area contributed by atoms with Gasteiger partial charge in [-0.05, 0) is 30.7 Å². The van der Waals surface area contributed by atoms with Gasteiger partial charge in [-0.2, -0.15) is 0 Å². The van der Waals surface area contributed by atoms with E-state index >= 15 is 0 Å². The summed E-state index contributed by atoms with van der Waals surface area (Å²) < 4.78 is 43.4. The SMILES string of the molecule is C/C=C\c1ccc(OC[C@@H](O)CN(CCC(=O)OC)Cc2cccc(F)c2F)c(OC)c1. The first-order valence-corrected chi connectivity index (χ1v) is 10.2. The fourth-order valence-corrected chi connectivity index (χ4v) is 3.13. The van der Waals surface area contributed by atoms with Crippen LogP contribution in [0.25, 0.3) is 6.08 Å². The number of methoxy groups -OCH3 is 2. The number of aliphatic hydroxyl groups excluding tert-OH is 1. The number of halogens is 2. The molecule has 0 aliphatic heterocycles. The van der Waals surface area contributed by atoms with E-state index in [4.69, 9.17) is 9.47 Å². The molecule has 8 heteroatoms. The first-order valence-electron chi connectivity index (χ1n) is 10.2. The van der Waals surface area contributed by atoms with Gasteiger partial charge in [-0.15, -0.1) is 0 Å². The van der Waals surface area contributed by atoms with Crippen molar-refractivity contribution in [3.63, 3.8) is 0 Å². The Bertz CT molecular complexity index is 919. The van der Waals surface area contributed by atoms with Crippen molar-refractivity contribution in [3.8, 4) is 11.5 Å². The number of carbonyl (C=O) groups excluding carboxylic acids is 1. The highest BCUT2D eigenvalue weighted by Crippen LogP contribution is 2.28. The summed E-state index contributed by atoms with van der Waals surface area (Å²) in [5, 5.41) is 10.5. The van der Waals surface area contributed by atoms with Crippen molar-refractivity contribution >= 4 is 12.0 Å². The number of benzene rings is 2. The molecule has 0 amide bonds. The van der Waals surface area contributed by atoms with Gasteiger partial charge in [0.1, 0.15) is 12.7 Å². The second-order valence-electron chi connectivity index (χ2n) is 7.15. The summed E-state index contributed by atoms with van der Waals surface area (Å²) in [7, 11) is 2.80. The third-order valence-electron chi connectivity index (χ3n) is 4.73. The molecule has 2 aromatic rings. The molecule has 0 aliphatic carbocycles. The maximum atomic E-state index is 14.1. The molecular formula is C24H29F2NO5. The molecule has 174 valence electrons. The van der Waals surface area contributed by atoms with E-state index in [-0.39, 0.29) is 38.2 Å². The average Bonchev–Trinajstić information content (AvgIpc) is 2.79. The van der Waals surface area contributed by atoms with Crippen molar-refractivity contribution in [2.45, 2.75) is 26.0 Å². The van der Waals surface area contributed by atoms with Crippen LogP contribution in [0.15, 0.2) is 42.5 Å². The maximum absolute atomic E-state index is 14.1. The Balaban J connectivity index is 2.04. The Morgan fingerprint density at radius 2 is 1.97 bits per heavy atom. The van der Waals surface area contributed by atoms with Crippen LogP contribution in [0.1, 0.15) is 24.5 Å². The minimum atomic E-state index is -0.954. The minimum Gasteiger partial charge on any atom is -0.493 e. The molecular weight excluding hydrogens is 420 g/mol. The highest BCUT2D eigenvalue weighted by molar-refractivity contribution is 5.69. The summed E-state index contributed by atoms with van der Waals surface area (Å²) in [5.74, 6) is -1.35. The first-order chi connectivity index (χ1) is 15.4. The van der Waals surface area contributed by atoms with Gasteiger partial charge in [0, 0.05) is 25.2 Å². The third kappa shape index (κ3) is 7.62. The number of ether oxygens (including phenoxy) is 3. The summed E-state index contributed by atoms with van der Waals surface area (Å²) >= 11 is 0. The molecule has 0 saturated carbocycles. The van der Waals surface area contributed by atoms with Gasteiger partial charge < -0.3 is 19.3 Å². The highest BCUT2D eigenvalue weighted by Gasteiger charge is 2.18. The molecule has 0 heterocycles. The molecule has 2 aromatic carbocycles. The van der Waals surface area contributed by atoms with Crippen LogP contribution in [0, 0.1) is 11.6 Å². The van der Waals surface area contributed by atoms with Crippen LogP contribution in [0.2, 0.25) is 0 Å². The summed E-state index contributed by atoms with van der Waals surface area (Å²) in [5.41, 5.74) is 1.08. The van der Waals surface area contributed by atoms with Crippen LogP contribution in [-0.2, 0) is 16.1 Å². The first kappa shape index (κ1) is 25.3. The van der Waals surface area contributed by atoms with Crippen LogP contribution >= 0.6 is 0 Å². The molecule has 0 bridgehead atoms. The third-order valence-corrected chi connectivity index (χ3v) is 4.73. The van der Waals surface area contributed by atoms with Crippen molar-refractivity contribution in [2.24, 2.45) is 0 Å². The van der Waals surface area contributed by atoms with Crippen molar-refractivity contribution in [2.75, 3.05) is 33.9 Å². The number of esters is 1. The Hall–Kier alpha value is -2.97. The molecule has 0 saturated heterocycles. The van der Waals surface area contributed by atoms with Gasteiger partial charge in [0.2, 0.25) is 0 Å². The molecule has 0 fully saturated rings. The lowest BCUT2D eigenvalue weighted by molar-refractivity contribution is -0.141. The van der Waals surface area contributed by atoms with Crippen LogP contribution in [-0.4, -0.2) is 56.0 Å². The van der Waals surface area contributed by atoms with Gasteiger partial charge >= 0.3 is 5.97 Å². The van der Waals surface area contributed by atoms with E-state index < -0.39 is 23.7 Å². The van der Waals surface area contributed by atoms with E-state index in [2.05, 4.69) is 4.74 Å². The number of allylic oxidation sites excluding steroid dienone is 1. The molecule has 1 atom stereocenters. The van der Waals surface area contributed by atoms with Gasteiger partial charge in [-0.1, -0.05) is 30.4 Å². The van der Waals surface area contributed by atoms with Crippen LogP contribution in [0.4, 0.5) is 8.78 Å². The zero-order valence-corrected chi connectivity index (χ0v) is 18.5. The lowest BCUT2D eigenvalue weighted by Crippen LogP contribution is -2.37. The number of aliphatic hydroxyl groups is 1. The van der Waals surface area contributed by atoms with Crippen LogP contribution in [0.3, 0.4) is 0 Å². The van der Waals surface area contributed by atoms with Crippen LogP contribution < -0.4 is 9.47 Å². The standard InChI is InChI=1S/C24H29F2NO5/c1-4-6-17-9-10-21(22(13-17)30-2)32-16-19(28)15-27(12-11-23(29)31-3)14-18-7-5-8-20(25)24(18)26/h4-10,13,19,28H,11-12,14-16H2,1-3H3/b6-4-/t19-/m0/s1. The molecule has 0 radical (unpaired) electrons. The maximum Gasteiger partial charge on any atom is 0.306 e. The lowest BCUT2D eigenvalue weighted by atomic mass is 10.1. The van der Waals surface area contributed by atoms with E-state index in [0.717, 1.165) is 11.6 Å². The summed E-state index contributed by atoms with van der Waals surface area (Å²) in [6, 6.07) is 9.34. The second kappa shape index (κ2) is 12.8. The molecule has 1 N–H and O–H groups in total. The van der Waals surface area contributed by atoms with E-state index in [9.17, 15) is 18.7 Å². The van der Waals surface area contributed by atoms with Gasteiger partial charge in [-0.3, -0.25) is 9.69 Å². The molecule has 0 aromatic heterocycles. The highest BCUT2D eigenvalue weighted by atomic mass is 19.2. The second-order valence-corrected chi connectivity index (χ2v) is 7.15.